The second-order valence-electron chi connectivity index (χ2n) is 6.93. The van der Waals surface area contributed by atoms with Crippen molar-refractivity contribution in [2.45, 2.75) is 0 Å². The minimum Gasteiger partial charge on any atom is -0.231 e. The van der Waals surface area contributed by atoms with Gasteiger partial charge in [-0.05, 0) is 5.56 Å². The minimum absolute atomic E-state index is 1.21. The molecule has 4 aromatic carbocycles. The maximum Gasteiger partial charge on any atom is 0.100 e. The first-order valence-corrected chi connectivity index (χ1v) is 9.46. The van der Waals surface area contributed by atoms with E-state index in [0.717, 1.165) is 0 Å². The molecule has 0 fully saturated rings. The summed E-state index contributed by atoms with van der Waals surface area (Å²) < 4.78 is 0. The van der Waals surface area contributed by atoms with Gasteiger partial charge in [0.05, 0.1) is 0 Å². The molecule has 4 rings (SSSR count). The topological polar surface area (TPSA) is 0 Å². The lowest BCUT2D eigenvalue weighted by molar-refractivity contribution is 1.66. The molecule has 0 radical (unpaired) electrons. The summed E-state index contributed by atoms with van der Waals surface area (Å²) in [7, 11) is 0. The van der Waals surface area contributed by atoms with Gasteiger partial charge in [0.2, 0.25) is 0 Å². The molecule has 0 unspecified atom stereocenters. The highest BCUT2D eigenvalue weighted by Crippen LogP contribution is 2.12. The van der Waals surface area contributed by atoms with Crippen LogP contribution in [0.1, 0.15) is 5.56 Å². The molecule has 0 aliphatic heterocycles. The Morgan fingerprint density at radius 3 is 1.11 bits per heavy atom. The standard InChI is InChI=1S/C26H22B/c1-5-13-23(14-6-1)21-22-27(24-15-7-2-8-16-24,25-17-9-3-10-18-25)26-19-11-4-12-20-26/h1-22H/q-1/b22-21+. The van der Waals surface area contributed by atoms with E-state index < -0.39 is 6.15 Å². The third kappa shape index (κ3) is 3.50. The van der Waals surface area contributed by atoms with E-state index in [-0.39, 0.29) is 0 Å². The lowest BCUT2D eigenvalue weighted by Crippen LogP contribution is -2.66. The monoisotopic (exact) mass is 345 g/mol. The van der Waals surface area contributed by atoms with Crippen molar-refractivity contribution in [1.82, 2.24) is 0 Å². The molecule has 27 heavy (non-hydrogen) atoms. The van der Waals surface area contributed by atoms with Crippen molar-refractivity contribution in [3.63, 3.8) is 0 Å². The Hall–Kier alpha value is -3.32. The van der Waals surface area contributed by atoms with Crippen molar-refractivity contribution in [3.05, 3.63) is 133 Å². The summed E-state index contributed by atoms with van der Waals surface area (Å²) in [4.78, 5) is 0. The van der Waals surface area contributed by atoms with Crippen molar-refractivity contribution in [3.8, 4) is 0 Å². The van der Waals surface area contributed by atoms with Crippen molar-refractivity contribution in [2.24, 2.45) is 0 Å². The largest absolute Gasteiger partial charge is 0.231 e. The molecule has 0 heterocycles. The summed E-state index contributed by atoms with van der Waals surface area (Å²) >= 11 is 0. The average molecular weight is 345 g/mol. The first kappa shape index (κ1) is 17.1. The zero-order valence-electron chi connectivity index (χ0n) is 15.3. The highest BCUT2D eigenvalue weighted by molar-refractivity contribution is 7.15. The van der Waals surface area contributed by atoms with Gasteiger partial charge >= 0.3 is 0 Å². The van der Waals surface area contributed by atoms with Gasteiger partial charge in [0, 0.05) is 0 Å². The molecule has 0 atom stereocenters. The number of benzene rings is 4. The molecule has 0 amide bonds. The summed E-state index contributed by atoms with van der Waals surface area (Å²) in [6.45, 7) is 0. The van der Waals surface area contributed by atoms with Crippen LogP contribution in [0.5, 0.6) is 0 Å². The second-order valence-corrected chi connectivity index (χ2v) is 6.93. The molecule has 0 nitrogen and oxygen atoms in total. The molecule has 0 aliphatic carbocycles. The van der Waals surface area contributed by atoms with E-state index in [1.165, 1.54) is 22.0 Å². The zero-order chi connectivity index (χ0) is 18.4. The van der Waals surface area contributed by atoms with E-state index in [4.69, 9.17) is 0 Å². The lowest BCUT2D eigenvalue weighted by atomic mass is 9.15. The van der Waals surface area contributed by atoms with Crippen LogP contribution in [0, 0.1) is 0 Å². The molecule has 0 N–H and O–H groups in total. The normalized spacial score (nSPS) is 11.6. The van der Waals surface area contributed by atoms with Crippen LogP contribution >= 0.6 is 0 Å². The summed E-state index contributed by atoms with van der Waals surface area (Å²) in [5, 5.41) is 0. The molecule has 1 heteroatoms. The van der Waals surface area contributed by atoms with Gasteiger partial charge in [-0.1, -0.05) is 127 Å². The lowest BCUT2D eigenvalue weighted by Gasteiger charge is -2.40. The number of hydrogen-bond acceptors (Lipinski definition) is 0. The predicted molar refractivity (Wildman–Crippen MR) is 119 cm³/mol. The summed E-state index contributed by atoms with van der Waals surface area (Å²) in [5.74, 6) is 2.40. The Kier molecular flexibility index (Phi) is 5.02. The minimum atomic E-state index is -1.22. The second kappa shape index (κ2) is 7.93. The smallest absolute Gasteiger partial charge is 0.100 e. The molecule has 0 saturated carbocycles. The van der Waals surface area contributed by atoms with E-state index in [0.29, 0.717) is 0 Å². The van der Waals surface area contributed by atoms with Crippen LogP contribution in [0.25, 0.3) is 6.08 Å². The van der Waals surface area contributed by atoms with Gasteiger partial charge in [-0.2, -0.15) is 16.4 Å². The van der Waals surface area contributed by atoms with Crippen LogP contribution in [0.4, 0.5) is 0 Å². The van der Waals surface area contributed by atoms with E-state index in [9.17, 15) is 0 Å². The van der Waals surface area contributed by atoms with Crippen LogP contribution in [-0.2, 0) is 0 Å². The van der Waals surface area contributed by atoms with Crippen molar-refractivity contribution in [2.75, 3.05) is 0 Å². The van der Waals surface area contributed by atoms with Crippen LogP contribution < -0.4 is 16.4 Å². The maximum absolute atomic E-state index is 2.40. The summed E-state index contributed by atoms with van der Waals surface area (Å²) in [6, 6.07) is 43.1. The fourth-order valence-electron chi connectivity index (χ4n) is 4.00. The fraction of sp³-hybridized carbons (Fsp3) is 0. The van der Waals surface area contributed by atoms with E-state index in [1.807, 2.05) is 0 Å². The molecule has 0 aliphatic rings. The molecular weight excluding hydrogens is 323 g/mol. The Bertz CT molecular complexity index is 894. The highest BCUT2D eigenvalue weighted by atomic mass is 14.1. The molecular formula is C26H22B-. The quantitative estimate of drug-likeness (QED) is 0.470. The van der Waals surface area contributed by atoms with Gasteiger partial charge in [-0.3, -0.25) is 0 Å². The van der Waals surface area contributed by atoms with Gasteiger partial charge in [-0.25, -0.2) is 5.98 Å². The van der Waals surface area contributed by atoms with Crippen LogP contribution in [0.2, 0.25) is 0 Å². The van der Waals surface area contributed by atoms with E-state index in [1.54, 1.807) is 0 Å². The van der Waals surface area contributed by atoms with E-state index in [2.05, 4.69) is 133 Å². The van der Waals surface area contributed by atoms with Crippen LogP contribution in [-0.4, -0.2) is 6.15 Å². The third-order valence-corrected chi connectivity index (χ3v) is 5.35. The Morgan fingerprint density at radius 2 is 0.741 bits per heavy atom. The Balaban J connectivity index is 1.99. The van der Waals surface area contributed by atoms with Gasteiger partial charge < -0.3 is 0 Å². The first-order valence-electron chi connectivity index (χ1n) is 9.46. The average Bonchev–Trinajstić information content (AvgIpc) is 2.77. The number of hydrogen-bond donors (Lipinski definition) is 0. The molecule has 130 valence electrons. The van der Waals surface area contributed by atoms with Gasteiger partial charge in [0.1, 0.15) is 6.15 Å². The van der Waals surface area contributed by atoms with Gasteiger partial charge in [0.25, 0.3) is 0 Å². The van der Waals surface area contributed by atoms with Crippen molar-refractivity contribution < 1.29 is 0 Å². The maximum atomic E-state index is 2.40. The third-order valence-electron chi connectivity index (χ3n) is 5.35. The molecule has 0 spiro atoms. The summed E-state index contributed by atoms with van der Waals surface area (Å²) in [6.07, 6.45) is 1.04. The predicted octanol–water partition coefficient (Wildman–Crippen LogP) is 4.41. The Morgan fingerprint density at radius 1 is 0.407 bits per heavy atom. The number of rotatable bonds is 5. The van der Waals surface area contributed by atoms with Crippen LogP contribution in [0.15, 0.2) is 127 Å². The SMILES string of the molecule is C(=C\[B-](c1ccccc1)(c1ccccc1)c1ccccc1)/c1ccccc1. The first-order chi connectivity index (χ1) is 13.4. The zero-order valence-corrected chi connectivity index (χ0v) is 15.3. The molecule has 0 bridgehead atoms. The summed E-state index contributed by atoms with van der Waals surface area (Å²) in [5.41, 5.74) is 5.18. The van der Waals surface area contributed by atoms with Crippen molar-refractivity contribution in [1.29, 1.82) is 0 Å². The highest BCUT2D eigenvalue weighted by Gasteiger charge is 2.26. The molecule has 0 saturated heterocycles. The van der Waals surface area contributed by atoms with Gasteiger partial charge in [0.15, 0.2) is 0 Å². The Labute approximate surface area is 161 Å². The van der Waals surface area contributed by atoms with Crippen molar-refractivity contribution >= 4 is 28.6 Å². The van der Waals surface area contributed by atoms with Gasteiger partial charge in [-0.15, -0.1) is 0 Å². The van der Waals surface area contributed by atoms with E-state index >= 15 is 0 Å². The molecule has 0 aromatic heterocycles. The molecule has 4 aromatic rings. The van der Waals surface area contributed by atoms with Crippen LogP contribution in [0.3, 0.4) is 0 Å². The fourth-order valence-corrected chi connectivity index (χ4v) is 4.00.